The molecule has 1 aromatic rings. The molecule has 2 N–H and O–H groups in total. The van der Waals surface area contributed by atoms with Crippen LogP contribution in [0.4, 0.5) is 4.39 Å². The van der Waals surface area contributed by atoms with Gasteiger partial charge in [0.2, 0.25) is 10.0 Å². The molecule has 0 unspecified atom stereocenters. The van der Waals surface area contributed by atoms with Gasteiger partial charge in [0.05, 0.1) is 5.56 Å². The monoisotopic (exact) mass is 302 g/mol. The summed E-state index contributed by atoms with van der Waals surface area (Å²) in [5.41, 5.74) is -0.252. The molecule has 6 nitrogen and oxygen atoms in total. The smallest absolute Gasteiger partial charge is 0.335 e. The second-order valence-electron chi connectivity index (χ2n) is 4.46. The van der Waals surface area contributed by atoms with Crippen molar-refractivity contribution < 1.29 is 22.7 Å². The molecule has 2 rings (SSSR count). The van der Waals surface area contributed by atoms with E-state index in [4.69, 9.17) is 5.11 Å². The van der Waals surface area contributed by atoms with E-state index in [0.29, 0.717) is 19.5 Å². The van der Waals surface area contributed by atoms with Crippen molar-refractivity contribution in [2.24, 2.45) is 0 Å². The molecule has 1 aromatic carbocycles. The number of hydrogen-bond donors (Lipinski definition) is 2. The second-order valence-corrected chi connectivity index (χ2v) is 6.36. The molecule has 0 amide bonds. The Labute approximate surface area is 116 Å². The molecule has 0 atom stereocenters. The van der Waals surface area contributed by atoms with Gasteiger partial charge >= 0.3 is 5.97 Å². The topological polar surface area (TPSA) is 86.7 Å². The molecule has 1 aliphatic heterocycles. The average Bonchev–Trinajstić information content (AvgIpc) is 2.68. The van der Waals surface area contributed by atoms with Crippen LogP contribution in [-0.2, 0) is 10.0 Å². The third kappa shape index (κ3) is 2.97. The van der Waals surface area contributed by atoms with Gasteiger partial charge in [-0.15, -0.1) is 0 Å². The van der Waals surface area contributed by atoms with Gasteiger partial charge in [-0.2, -0.15) is 4.31 Å². The predicted octanol–water partition coefficient (Wildman–Crippen LogP) is 0.508. The molecule has 0 aliphatic carbocycles. The normalized spacial score (nSPS) is 17.6. The van der Waals surface area contributed by atoms with E-state index >= 15 is 0 Å². The molecule has 8 heteroatoms. The van der Waals surface area contributed by atoms with Crippen LogP contribution in [0.1, 0.15) is 16.8 Å². The summed E-state index contributed by atoms with van der Waals surface area (Å²) in [6.45, 7) is 1.70. The molecule has 0 saturated carbocycles. The zero-order valence-corrected chi connectivity index (χ0v) is 11.5. The minimum absolute atomic E-state index is 0.235. The summed E-state index contributed by atoms with van der Waals surface area (Å²) in [5, 5.41) is 11.9. The number of benzene rings is 1. The Kier molecular flexibility index (Phi) is 4.36. The Balaban J connectivity index is 2.42. The van der Waals surface area contributed by atoms with E-state index in [0.717, 1.165) is 18.2 Å². The van der Waals surface area contributed by atoms with Crippen molar-refractivity contribution in [3.05, 3.63) is 29.6 Å². The van der Waals surface area contributed by atoms with Gasteiger partial charge in [0, 0.05) is 19.6 Å². The summed E-state index contributed by atoms with van der Waals surface area (Å²) < 4.78 is 39.8. The highest BCUT2D eigenvalue weighted by atomic mass is 32.2. The van der Waals surface area contributed by atoms with Crippen LogP contribution in [-0.4, -0.2) is 50.0 Å². The van der Waals surface area contributed by atoms with Crippen LogP contribution in [0.5, 0.6) is 0 Å². The lowest BCUT2D eigenvalue weighted by Gasteiger charge is -2.20. The van der Waals surface area contributed by atoms with Crippen LogP contribution < -0.4 is 5.32 Å². The van der Waals surface area contributed by atoms with Crippen molar-refractivity contribution in [2.75, 3.05) is 26.2 Å². The van der Waals surface area contributed by atoms with Crippen LogP contribution in [0.15, 0.2) is 23.1 Å². The zero-order chi connectivity index (χ0) is 14.8. The molecule has 0 aromatic heterocycles. The molecule has 20 heavy (non-hydrogen) atoms. The maximum absolute atomic E-state index is 13.8. The molecule has 1 saturated heterocycles. The van der Waals surface area contributed by atoms with Gasteiger partial charge in [0.25, 0.3) is 0 Å². The fraction of sp³-hybridized carbons (Fsp3) is 0.417. The van der Waals surface area contributed by atoms with Gasteiger partial charge < -0.3 is 10.4 Å². The molecule has 0 bridgehead atoms. The van der Waals surface area contributed by atoms with Crippen molar-refractivity contribution in [3.63, 3.8) is 0 Å². The largest absolute Gasteiger partial charge is 0.478 e. The van der Waals surface area contributed by atoms with Crippen LogP contribution in [0.25, 0.3) is 0 Å². The Bertz CT molecular complexity index is 610. The highest BCUT2D eigenvalue weighted by molar-refractivity contribution is 7.89. The van der Waals surface area contributed by atoms with Gasteiger partial charge in [0.15, 0.2) is 0 Å². The van der Waals surface area contributed by atoms with E-state index < -0.39 is 26.7 Å². The van der Waals surface area contributed by atoms with Crippen LogP contribution in [0, 0.1) is 5.82 Å². The Hall–Kier alpha value is -1.51. The summed E-state index contributed by atoms with van der Waals surface area (Å²) in [6, 6.07) is 2.78. The number of carboxylic acid groups (broad SMARTS) is 1. The Morgan fingerprint density at radius 1 is 1.30 bits per heavy atom. The van der Waals surface area contributed by atoms with E-state index in [2.05, 4.69) is 5.32 Å². The van der Waals surface area contributed by atoms with E-state index in [1.165, 1.54) is 4.31 Å². The quantitative estimate of drug-likeness (QED) is 0.849. The number of aromatic carboxylic acids is 1. The summed E-state index contributed by atoms with van der Waals surface area (Å²) >= 11 is 0. The standard InChI is InChI=1S/C12H15FN2O4S/c13-10-3-2-9(12(16)17)8-11(10)20(18,19)15-6-1-4-14-5-7-15/h2-3,8,14H,1,4-7H2,(H,16,17). The van der Waals surface area contributed by atoms with Gasteiger partial charge in [-0.25, -0.2) is 17.6 Å². The Morgan fingerprint density at radius 2 is 2.05 bits per heavy atom. The number of hydrogen-bond acceptors (Lipinski definition) is 4. The molecule has 1 fully saturated rings. The molecule has 1 aliphatic rings. The average molecular weight is 302 g/mol. The van der Waals surface area contributed by atoms with Gasteiger partial charge in [-0.05, 0) is 31.2 Å². The lowest BCUT2D eigenvalue weighted by Crippen LogP contribution is -2.34. The maximum atomic E-state index is 13.8. The summed E-state index contributed by atoms with van der Waals surface area (Å²) in [7, 11) is -4.02. The van der Waals surface area contributed by atoms with Crippen molar-refractivity contribution >= 4 is 16.0 Å². The first-order valence-electron chi connectivity index (χ1n) is 6.16. The van der Waals surface area contributed by atoms with E-state index in [1.807, 2.05) is 0 Å². The lowest BCUT2D eigenvalue weighted by atomic mass is 10.2. The van der Waals surface area contributed by atoms with E-state index in [1.54, 1.807) is 0 Å². The van der Waals surface area contributed by atoms with Gasteiger partial charge in [-0.3, -0.25) is 0 Å². The van der Waals surface area contributed by atoms with Gasteiger partial charge in [-0.1, -0.05) is 0 Å². The molecular weight excluding hydrogens is 287 g/mol. The third-order valence-corrected chi connectivity index (χ3v) is 5.01. The fourth-order valence-corrected chi connectivity index (χ4v) is 3.60. The summed E-state index contributed by atoms with van der Waals surface area (Å²) in [4.78, 5) is 10.3. The lowest BCUT2D eigenvalue weighted by molar-refractivity contribution is 0.0696. The second kappa shape index (κ2) is 5.86. The predicted molar refractivity (Wildman–Crippen MR) is 69.6 cm³/mol. The number of rotatable bonds is 3. The molecule has 0 spiro atoms. The highest BCUT2D eigenvalue weighted by Crippen LogP contribution is 2.21. The third-order valence-electron chi connectivity index (χ3n) is 3.10. The van der Waals surface area contributed by atoms with E-state index in [9.17, 15) is 17.6 Å². The van der Waals surface area contributed by atoms with Crippen LogP contribution in [0.2, 0.25) is 0 Å². The van der Waals surface area contributed by atoms with Crippen LogP contribution in [0.3, 0.4) is 0 Å². The number of carboxylic acids is 1. The number of nitrogens with one attached hydrogen (secondary N) is 1. The first kappa shape index (κ1) is 14.9. The van der Waals surface area contributed by atoms with E-state index in [-0.39, 0.29) is 18.7 Å². The minimum atomic E-state index is -4.02. The zero-order valence-electron chi connectivity index (χ0n) is 10.7. The summed E-state index contributed by atoms with van der Waals surface area (Å²) in [6.07, 6.45) is 0.624. The fourth-order valence-electron chi connectivity index (χ4n) is 2.03. The number of nitrogens with zero attached hydrogens (tertiary/aromatic N) is 1. The van der Waals surface area contributed by atoms with Crippen LogP contribution >= 0.6 is 0 Å². The minimum Gasteiger partial charge on any atom is -0.478 e. The highest BCUT2D eigenvalue weighted by Gasteiger charge is 2.28. The Morgan fingerprint density at radius 3 is 2.75 bits per heavy atom. The number of carbonyl (C=O) groups is 1. The molecule has 110 valence electrons. The summed E-state index contributed by atoms with van der Waals surface area (Å²) in [5.74, 6) is -2.23. The van der Waals surface area contributed by atoms with Gasteiger partial charge in [0.1, 0.15) is 10.7 Å². The number of halogens is 1. The molecule has 1 heterocycles. The molecule has 0 radical (unpaired) electrons. The van der Waals surface area contributed by atoms with Crippen molar-refractivity contribution in [1.82, 2.24) is 9.62 Å². The van der Waals surface area contributed by atoms with Crippen molar-refractivity contribution in [1.29, 1.82) is 0 Å². The first-order valence-corrected chi connectivity index (χ1v) is 7.60. The van der Waals surface area contributed by atoms with Crippen molar-refractivity contribution in [3.8, 4) is 0 Å². The number of sulfonamides is 1. The molecular formula is C12H15FN2O4S. The van der Waals surface area contributed by atoms with Crippen molar-refractivity contribution in [2.45, 2.75) is 11.3 Å². The SMILES string of the molecule is O=C(O)c1ccc(F)c(S(=O)(=O)N2CCCNCC2)c1. The first-order chi connectivity index (χ1) is 9.43. The maximum Gasteiger partial charge on any atom is 0.335 e.